The first-order chi connectivity index (χ1) is 12.1. The predicted octanol–water partition coefficient (Wildman–Crippen LogP) is 2.89. The molecule has 0 saturated carbocycles. The van der Waals surface area contributed by atoms with Crippen LogP contribution in [0.4, 0.5) is 11.5 Å². The second kappa shape index (κ2) is 7.84. The zero-order valence-electron chi connectivity index (χ0n) is 14.3. The Kier molecular flexibility index (Phi) is 5.55. The highest BCUT2D eigenvalue weighted by Gasteiger charge is 2.24. The fraction of sp³-hybridized carbons (Fsp3) is 0.389. The topological polar surface area (TPSA) is 71.5 Å². The average Bonchev–Trinajstić information content (AvgIpc) is 3.15. The summed E-state index contributed by atoms with van der Waals surface area (Å²) < 4.78 is 32.7. The summed E-state index contributed by atoms with van der Waals surface area (Å²) in [5.41, 5.74) is 0.644. The van der Waals surface area contributed by atoms with Crippen molar-refractivity contribution in [2.24, 2.45) is 0 Å². The van der Waals surface area contributed by atoms with Gasteiger partial charge in [0.1, 0.15) is 10.7 Å². The van der Waals surface area contributed by atoms with Gasteiger partial charge in [0.05, 0.1) is 11.8 Å². The molecule has 0 radical (unpaired) electrons. The Bertz CT molecular complexity index is 773. The molecule has 0 spiro atoms. The third-order valence-electron chi connectivity index (χ3n) is 4.19. The van der Waals surface area contributed by atoms with Gasteiger partial charge in [0, 0.05) is 25.9 Å². The minimum Gasteiger partial charge on any atom is -0.376 e. The van der Waals surface area contributed by atoms with Crippen molar-refractivity contribution in [2.75, 3.05) is 29.3 Å². The van der Waals surface area contributed by atoms with E-state index in [1.165, 1.54) is 10.5 Å². The van der Waals surface area contributed by atoms with Gasteiger partial charge in [-0.1, -0.05) is 18.2 Å². The van der Waals surface area contributed by atoms with E-state index in [4.69, 9.17) is 4.74 Å². The fourth-order valence-corrected chi connectivity index (χ4v) is 4.29. The molecule has 0 bridgehead atoms. The number of hydrogen-bond donors (Lipinski definition) is 1. The standard InChI is InChI=1S/C18H23N3O3S/c1-2-21(15-7-4-3-5-8-15)25(22,23)17-10-11-18(20-14-17)19-13-16-9-6-12-24-16/h3-5,7-8,10-11,14,16H,2,6,9,12-13H2,1H3,(H,19,20). The monoisotopic (exact) mass is 361 g/mol. The van der Waals surface area contributed by atoms with Gasteiger partial charge in [0.2, 0.25) is 0 Å². The van der Waals surface area contributed by atoms with Crippen molar-refractivity contribution < 1.29 is 13.2 Å². The molecule has 25 heavy (non-hydrogen) atoms. The van der Waals surface area contributed by atoms with Crippen molar-refractivity contribution in [3.8, 4) is 0 Å². The lowest BCUT2D eigenvalue weighted by atomic mass is 10.2. The molecule has 1 unspecified atom stereocenters. The Hall–Kier alpha value is -2.12. The molecule has 0 aliphatic carbocycles. The number of benzene rings is 1. The highest BCUT2D eigenvalue weighted by molar-refractivity contribution is 7.92. The lowest BCUT2D eigenvalue weighted by molar-refractivity contribution is 0.120. The van der Waals surface area contributed by atoms with Crippen molar-refractivity contribution in [1.29, 1.82) is 0 Å². The fourth-order valence-electron chi connectivity index (χ4n) is 2.87. The molecular weight excluding hydrogens is 338 g/mol. The number of hydrogen-bond acceptors (Lipinski definition) is 5. The molecule has 1 N–H and O–H groups in total. The van der Waals surface area contributed by atoms with E-state index in [0.29, 0.717) is 24.6 Å². The molecule has 3 rings (SSSR count). The van der Waals surface area contributed by atoms with Gasteiger partial charge >= 0.3 is 0 Å². The number of nitrogens with one attached hydrogen (secondary N) is 1. The van der Waals surface area contributed by atoms with E-state index in [1.54, 1.807) is 24.3 Å². The summed E-state index contributed by atoms with van der Waals surface area (Å²) in [7, 11) is -3.63. The number of pyridine rings is 1. The zero-order valence-corrected chi connectivity index (χ0v) is 15.1. The van der Waals surface area contributed by atoms with Gasteiger partial charge in [-0.3, -0.25) is 4.31 Å². The summed E-state index contributed by atoms with van der Waals surface area (Å²) in [5, 5.41) is 3.20. The molecule has 6 nitrogen and oxygen atoms in total. The molecule has 1 aromatic carbocycles. The van der Waals surface area contributed by atoms with Crippen LogP contribution in [0, 0.1) is 0 Å². The Morgan fingerprint density at radius 1 is 1.24 bits per heavy atom. The molecule has 1 aromatic heterocycles. The van der Waals surface area contributed by atoms with E-state index < -0.39 is 10.0 Å². The molecular formula is C18H23N3O3S. The van der Waals surface area contributed by atoms with Crippen LogP contribution in [0.5, 0.6) is 0 Å². The van der Waals surface area contributed by atoms with E-state index in [-0.39, 0.29) is 11.0 Å². The van der Waals surface area contributed by atoms with Crippen LogP contribution in [-0.4, -0.2) is 39.2 Å². The number of sulfonamides is 1. The van der Waals surface area contributed by atoms with Crippen molar-refractivity contribution in [1.82, 2.24) is 4.98 Å². The summed E-state index contributed by atoms with van der Waals surface area (Å²) in [6.07, 6.45) is 3.74. The summed E-state index contributed by atoms with van der Waals surface area (Å²) in [4.78, 5) is 4.43. The first-order valence-corrected chi connectivity index (χ1v) is 9.94. The summed E-state index contributed by atoms with van der Waals surface area (Å²) in [6.45, 7) is 3.66. The lowest BCUT2D eigenvalue weighted by Gasteiger charge is -2.22. The van der Waals surface area contributed by atoms with E-state index in [9.17, 15) is 8.42 Å². The molecule has 1 fully saturated rings. The number of nitrogens with zero attached hydrogens (tertiary/aromatic N) is 2. The summed E-state index contributed by atoms with van der Waals surface area (Å²) in [6, 6.07) is 12.4. The van der Waals surface area contributed by atoms with Gasteiger partial charge < -0.3 is 10.1 Å². The number of rotatable bonds is 7. The Morgan fingerprint density at radius 3 is 2.64 bits per heavy atom. The summed E-state index contributed by atoms with van der Waals surface area (Å²) in [5.74, 6) is 0.650. The molecule has 2 aromatic rings. The Morgan fingerprint density at radius 2 is 2.04 bits per heavy atom. The molecule has 1 aliphatic heterocycles. The molecule has 1 saturated heterocycles. The lowest BCUT2D eigenvalue weighted by Crippen LogP contribution is -2.30. The SMILES string of the molecule is CCN(c1ccccc1)S(=O)(=O)c1ccc(NCC2CCCO2)nc1. The third-order valence-corrected chi connectivity index (χ3v) is 6.08. The quantitative estimate of drug-likeness (QED) is 0.821. The molecule has 134 valence electrons. The minimum atomic E-state index is -3.63. The van der Waals surface area contributed by atoms with Crippen molar-refractivity contribution in [3.63, 3.8) is 0 Å². The van der Waals surface area contributed by atoms with Gasteiger partial charge in [-0.05, 0) is 44.0 Å². The largest absolute Gasteiger partial charge is 0.376 e. The van der Waals surface area contributed by atoms with Crippen LogP contribution in [0.1, 0.15) is 19.8 Å². The Balaban J connectivity index is 1.73. The first-order valence-electron chi connectivity index (χ1n) is 8.50. The smallest absolute Gasteiger partial charge is 0.265 e. The average molecular weight is 361 g/mol. The molecule has 0 amide bonds. The van der Waals surface area contributed by atoms with Crippen LogP contribution >= 0.6 is 0 Å². The minimum absolute atomic E-state index is 0.181. The van der Waals surface area contributed by atoms with Gasteiger partial charge in [-0.2, -0.15) is 0 Å². The van der Waals surface area contributed by atoms with Crippen LogP contribution in [0.15, 0.2) is 53.6 Å². The van der Waals surface area contributed by atoms with E-state index in [2.05, 4.69) is 10.3 Å². The first kappa shape index (κ1) is 17.7. The highest BCUT2D eigenvalue weighted by atomic mass is 32.2. The van der Waals surface area contributed by atoms with Crippen molar-refractivity contribution in [3.05, 3.63) is 48.7 Å². The van der Waals surface area contributed by atoms with E-state index >= 15 is 0 Å². The second-order valence-electron chi connectivity index (χ2n) is 5.90. The van der Waals surface area contributed by atoms with E-state index in [0.717, 1.165) is 19.4 Å². The van der Waals surface area contributed by atoms with Crippen molar-refractivity contribution in [2.45, 2.75) is 30.8 Å². The molecule has 7 heteroatoms. The van der Waals surface area contributed by atoms with E-state index in [1.807, 2.05) is 25.1 Å². The molecule has 2 heterocycles. The van der Waals surface area contributed by atoms with Crippen LogP contribution < -0.4 is 9.62 Å². The van der Waals surface area contributed by atoms with Crippen LogP contribution in [-0.2, 0) is 14.8 Å². The second-order valence-corrected chi connectivity index (χ2v) is 7.76. The number of para-hydroxylation sites is 1. The van der Waals surface area contributed by atoms with Crippen molar-refractivity contribution >= 4 is 21.5 Å². The van der Waals surface area contributed by atoms with Gasteiger partial charge in [-0.25, -0.2) is 13.4 Å². The number of ether oxygens (including phenoxy) is 1. The summed E-state index contributed by atoms with van der Waals surface area (Å²) >= 11 is 0. The van der Waals surface area contributed by atoms with Crippen LogP contribution in [0.3, 0.4) is 0 Å². The van der Waals surface area contributed by atoms with Gasteiger partial charge in [-0.15, -0.1) is 0 Å². The number of aromatic nitrogens is 1. The Labute approximate surface area is 148 Å². The molecule has 1 aliphatic rings. The predicted molar refractivity (Wildman–Crippen MR) is 98.3 cm³/mol. The maximum atomic E-state index is 12.9. The number of anilines is 2. The third kappa shape index (κ3) is 4.11. The zero-order chi connectivity index (χ0) is 17.7. The normalized spacial score (nSPS) is 17.4. The molecule has 1 atom stereocenters. The van der Waals surface area contributed by atoms with Gasteiger partial charge in [0.25, 0.3) is 10.0 Å². The maximum absolute atomic E-state index is 12.9. The van der Waals surface area contributed by atoms with Gasteiger partial charge in [0.15, 0.2) is 0 Å². The van der Waals surface area contributed by atoms with Crippen LogP contribution in [0.2, 0.25) is 0 Å². The maximum Gasteiger partial charge on any atom is 0.265 e. The highest BCUT2D eigenvalue weighted by Crippen LogP contribution is 2.23. The van der Waals surface area contributed by atoms with Crippen LogP contribution in [0.25, 0.3) is 0 Å².